The maximum atomic E-state index is 12.4. The van der Waals surface area contributed by atoms with E-state index in [-0.39, 0.29) is 5.91 Å². The van der Waals surface area contributed by atoms with E-state index in [1.165, 1.54) is 19.3 Å². The summed E-state index contributed by atoms with van der Waals surface area (Å²) in [4.78, 5) is 12.4. The van der Waals surface area contributed by atoms with E-state index < -0.39 is 0 Å². The van der Waals surface area contributed by atoms with Gasteiger partial charge in [0.2, 0.25) is 0 Å². The standard InChI is InChI=1S/C15H22N2O2/c1-10-6-2-4-8-12(10)16-15(18)14-11-7-3-5-9-13(11)19-17-14/h10,12H,2-9H2,1H3,(H,16,18)/t10-,12+/m0/s1. The van der Waals surface area contributed by atoms with Gasteiger partial charge in [0.05, 0.1) is 0 Å². The number of rotatable bonds is 2. The van der Waals surface area contributed by atoms with E-state index in [0.29, 0.717) is 17.7 Å². The van der Waals surface area contributed by atoms with E-state index in [9.17, 15) is 4.79 Å². The lowest BCUT2D eigenvalue weighted by Gasteiger charge is -2.29. The first-order valence-electron chi connectivity index (χ1n) is 7.54. The van der Waals surface area contributed by atoms with E-state index >= 15 is 0 Å². The summed E-state index contributed by atoms with van der Waals surface area (Å²) in [5.41, 5.74) is 1.58. The Balaban J connectivity index is 1.71. The van der Waals surface area contributed by atoms with Crippen molar-refractivity contribution >= 4 is 5.91 Å². The van der Waals surface area contributed by atoms with Crippen LogP contribution in [0.3, 0.4) is 0 Å². The number of aryl methyl sites for hydroxylation is 1. The van der Waals surface area contributed by atoms with Crippen molar-refractivity contribution < 1.29 is 9.32 Å². The average molecular weight is 262 g/mol. The third-order valence-corrected chi connectivity index (χ3v) is 4.59. The van der Waals surface area contributed by atoms with Crippen molar-refractivity contribution in [2.24, 2.45) is 5.92 Å². The number of nitrogens with zero attached hydrogens (tertiary/aromatic N) is 1. The van der Waals surface area contributed by atoms with Crippen molar-refractivity contribution in [2.75, 3.05) is 0 Å². The van der Waals surface area contributed by atoms with Gasteiger partial charge in [0, 0.05) is 18.0 Å². The number of amides is 1. The fourth-order valence-corrected chi connectivity index (χ4v) is 3.33. The Morgan fingerprint density at radius 3 is 2.84 bits per heavy atom. The van der Waals surface area contributed by atoms with Crippen molar-refractivity contribution in [2.45, 2.75) is 64.3 Å². The van der Waals surface area contributed by atoms with Crippen LogP contribution in [-0.2, 0) is 12.8 Å². The van der Waals surface area contributed by atoms with E-state index in [0.717, 1.165) is 43.4 Å². The number of hydrogen-bond acceptors (Lipinski definition) is 3. The quantitative estimate of drug-likeness (QED) is 0.891. The van der Waals surface area contributed by atoms with Crippen molar-refractivity contribution in [3.63, 3.8) is 0 Å². The zero-order valence-corrected chi connectivity index (χ0v) is 11.6. The number of aromatic nitrogens is 1. The second-order valence-electron chi connectivity index (χ2n) is 5.98. The fraction of sp³-hybridized carbons (Fsp3) is 0.733. The normalized spacial score (nSPS) is 26.8. The highest BCUT2D eigenvalue weighted by molar-refractivity contribution is 5.94. The van der Waals surface area contributed by atoms with Gasteiger partial charge in [-0.3, -0.25) is 4.79 Å². The van der Waals surface area contributed by atoms with Crippen molar-refractivity contribution in [1.82, 2.24) is 10.5 Å². The molecule has 0 radical (unpaired) electrons. The summed E-state index contributed by atoms with van der Waals surface area (Å²) in [6, 6.07) is 0.303. The van der Waals surface area contributed by atoms with Crippen LogP contribution in [0.4, 0.5) is 0 Å². The molecular formula is C15H22N2O2. The molecule has 0 spiro atoms. The highest BCUT2D eigenvalue weighted by Crippen LogP contribution is 2.26. The summed E-state index contributed by atoms with van der Waals surface area (Å²) in [6.07, 6.45) is 8.93. The van der Waals surface area contributed by atoms with Crippen molar-refractivity contribution in [3.05, 3.63) is 17.0 Å². The molecule has 2 aliphatic carbocycles. The molecule has 0 bridgehead atoms. The molecule has 2 atom stereocenters. The lowest BCUT2D eigenvalue weighted by atomic mass is 9.86. The van der Waals surface area contributed by atoms with Crippen LogP contribution in [0.1, 0.15) is 67.3 Å². The van der Waals surface area contributed by atoms with Gasteiger partial charge in [-0.1, -0.05) is 24.9 Å². The Bertz CT molecular complexity index is 467. The molecule has 1 aromatic rings. The molecule has 1 N–H and O–H groups in total. The second kappa shape index (κ2) is 5.35. The number of nitrogens with one attached hydrogen (secondary N) is 1. The monoisotopic (exact) mass is 262 g/mol. The van der Waals surface area contributed by atoms with Crippen molar-refractivity contribution in [3.8, 4) is 0 Å². The number of fused-ring (bicyclic) bond motifs is 1. The van der Waals surface area contributed by atoms with Crippen LogP contribution in [0.5, 0.6) is 0 Å². The minimum absolute atomic E-state index is 0.0364. The lowest BCUT2D eigenvalue weighted by molar-refractivity contribution is 0.0900. The van der Waals surface area contributed by atoms with E-state index in [4.69, 9.17) is 4.52 Å². The van der Waals surface area contributed by atoms with Gasteiger partial charge in [0.15, 0.2) is 5.69 Å². The Morgan fingerprint density at radius 1 is 1.21 bits per heavy atom. The molecule has 1 amide bonds. The molecule has 1 saturated carbocycles. The second-order valence-corrected chi connectivity index (χ2v) is 5.98. The molecule has 4 nitrogen and oxygen atoms in total. The van der Waals surface area contributed by atoms with Crippen LogP contribution >= 0.6 is 0 Å². The van der Waals surface area contributed by atoms with E-state index in [1.54, 1.807) is 0 Å². The van der Waals surface area contributed by atoms with Gasteiger partial charge in [0.25, 0.3) is 5.91 Å². The predicted molar refractivity (Wildman–Crippen MR) is 72.0 cm³/mol. The highest BCUT2D eigenvalue weighted by Gasteiger charge is 2.28. The molecule has 1 fully saturated rings. The Kier molecular flexibility index (Phi) is 3.58. The number of carbonyl (C=O) groups is 1. The maximum Gasteiger partial charge on any atom is 0.273 e. The van der Waals surface area contributed by atoms with E-state index in [1.807, 2.05) is 0 Å². The molecule has 1 aromatic heterocycles. The molecular weight excluding hydrogens is 240 g/mol. The topological polar surface area (TPSA) is 55.1 Å². The largest absolute Gasteiger partial charge is 0.360 e. The summed E-state index contributed by atoms with van der Waals surface area (Å²) in [5.74, 6) is 1.46. The molecule has 104 valence electrons. The summed E-state index contributed by atoms with van der Waals surface area (Å²) in [6.45, 7) is 2.22. The van der Waals surface area contributed by atoms with Crippen LogP contribution in [-0.4, -0.2) is 17.1 Å². The third-order valence-electron chi connectivity index (χ3n) is 4.59. The molecule has 19 heavy (non-hydrogen) atoms. The third kappa shape index (κ3) is 2.53. The molecule has 2 aliphatic rings. The molecule has 1 heterocycles. The SMILES string of the molecule is C[C@H]1CCCC[C@H]1NC(=O)c1noc2c1CCCC2. The Hall–Kier alpha value is -1.32. The molecule has 0 saturated heterocycles. The van der Waals surface area contributed by atoms with Crippen molar-refractivity contribution in [1.29, 1.82) is 0 Å². The first kappa shape index (κ1) is 12.7. The lowest BCUT2D eigenvalue weighted by Crippen LogP contribution is -2.41. The zero-order valence-electron chi connectivity index (χ0n) is 11.6. The number of hydrogen-bond donors (Lipinski definition) is 1. The number of carbonyl (C=O) groups excluding carboxylic acids is 1. The van der Waals surface area contributed by atoms with Gasteiger partial charge in [-0.15, -0.1) is 0 Å². The zero-order chi connectivity index (χ0) is 13.2. The Morgan fingerprint density at radius 2 is 2.00 bits per heavy atom. The molecule has 0 aromatic carbocycles. The van der Waals surface area contributed by atoms with E-state index in [2.05, 4.69) is 17.4 Å². The Labute approximate surface area is 113 Å². The first-order chi connectivity index (χ1) is 9.25. The minimum atomic E-state index is -0.0364. The summed E-state index contributed by atoms with van der Waals surface area (Å²) in [7, 11) is 0. The minimum Gasteiger partial charge on any atom is -0.360 e. The molecule has 4 heteroatoms. The van der Waals surface area contributed by atoms with Crippen LogP contribution in [0.2, 0.25) is 0 Å². The smallest absolute Gasteiger partial charge is 0.273 e. The van der Waals surface area contributed by atoms with Gasteiger partial charge in [0.1, 0.15) is 5.76 Å². The summed E-state index contributed by atoms with van der Waals surface area (Å²) < 4.78 is 5.31. The van der Waals surface area contributed by atoms with Gasteiger partial charge < -0.3 is 9.84 Å². The van der Waals surface area contributed by atoms with Crippen LogP contribution in [0.15, 0.2) is 4.52 Å². The molecule has 0 aliphatic heterocycles. The van der Waals surface area contributed by atoms with Gasteiger partial charge in [-0.25, -0.2) is 0 Å². The molecule has 0 unspecified atom stereocenters. The van der Waals surface area contributed by atoms with Gasteiger partial charge in [-0.05, 0) is 38.0 Å². The van der Waals surface area contributed by atoms with Crippen LogP contribution in [0.25, 0.3) is 0 Å². The predicted octanol–water partition coefficient (Wildman–Crippen LogP) is 2.86. The molecule has 3 rings (SSSR count). The summed E-state index contributed by atoms with van der Waals surface area (Å²) >= 11 is 0. The van der Waals surface area contributed by atoms with Crippen LogP contribution < -0.4 is 5.32 Å². The maximum absolute atomic E-state index is 12.4. The van der Waals surface area contributed by atoms with Crippen LogP contribution in [0, 0.1) is 5.92 Å². The highest BCUT2D eigenvalue weighted by atomic mass is 16.5. The first-order valence-corrected chi connectivity index (χ1v) is 7.54. The van der Waals surface area contributed by atoms with Gasteiger partial charge in [-0.2, -0.15) is 0 Å². The average Bonchev–Trinajstić information content (AvgIpc) is 2.85. The van der Waals surface area contributed by atoms with Gasteiger partial charge >= 0.3 is 0 Å². The fourth-order valence-electron chi connectivity index (χ4n) is 3.33. The summed E-state index contributed by atoms with van der Waals surface area (Å²) in [5, 5.41) is 7.16.